The maximum Gasteiger partial charge on any atom is 0.263 e. The van der Waals surface area contributed by atoms with Crippen molar-refractivity contribution in [2.75, 3.05) is 11.3 Å². The molecule has 0 unspecified atom stereocenters. The van der Waals surface area contributed by atoms with Crippen LogP contribution in [0.4, 0.5) is 10.3 Å². The summed E-state index contributed by atoms with van der Waals surface area (Å²) in [6.45, 7) is 1.95. The second-order valence-corrected chi connectivity index (χ2v) is 6.85. The van der Waals surface area contributed by atoms with E-state index in [0.29, 0.717) is 28.1 Å². The number of hydrazone groups is 1. The van der Waals surface area contributed by atoms with E-state index in [1.807, 2.05) is 0 Å². The Morgan fingerprint density at radius 2 is 2.04 bits per heavy atom. The lowest BCUT2D eigenvalue weighted by Crippen LogP contribution is -2.13. The van der Waals surface area contributed by atoms with E-state index in [0.717, 1.165) is 10.0 Å². The largest absolute Gasteiger partial charge is 0.487 e. The SMILES string of the molecule is Cc1nnc(N/N=C\c2cc(Br)cc(Cl)c2OCc2ccc(F)cc2)n1N.Cl. The summed E-state index contributed by atoms with van der Waals surface area (Å²) in [6, 6.07) is 9.56. The molecule has 0 bridgehead atoms. The average Bonchev–Trinajstić information content (AvgIpc) is 2.94. The van der Waals surface area contributed by atoms with Crippen LogP contribution in [-0.4, -0.2) is 21.1 Å². The molecular formula is C17H16BrCl2FN6O. The number of nitrogen functional groups attached to an aromatic ring is 1. The molecule has 0 amide bonds. The molecule has 1 aromatic heterocycles. The molecule has 3 aromatic rings. The van der Waals surface area contributed by atoms with Crippen molar-refractivity contribution in [2.45, 2.75) is 13.5 Å². The van der Waals surface area contributed by atoms with Crippen molar-refractivity contribution in [1.82, 2.24) is 14.9 Å². The number of aryl methyl sites for hydroxylation is 1. The van der Waals surface area contributed by atoms with Gasteiger partial charge in [0.05, 0.1) is 11.2 Å². The lowest BCUT2D eigenvalue weighted by Gasteiger charge is -2.12. The van der Waals surface area contributed by atoms with Gasteiger partial charge in [0.25, 0.3) is 5.95 Å². The lowest BCUT2D eigenvalue weighted by atomic mass is 10.2. The van der Waals surface area contributed by atoms with Gasteiger partial charge in [-0.05, 0) is 36.8 Å². The van der Waals surface area contributed by atoms with Crippen LogP contribution in [-0.2, 0) is 6.61 Å². The van der Waals surface area contributed by atoms with Crippen LogP contribution in [0.15, 0.2) is 46.0 Å². The van der Waals surface area contributed by atoms with Crippen LogP contribution in [0.3, 0.4) is 0 Å². The Labute approximate surface area is 180 Å². The molecule has 28 heavy (non-hydrogen) atoms. The highest BCUT2D eigenvalue weighted by atomic mass is 79.9. The predicted octanol–water partition coefficient (Wildman–Crippen LogP) is 4.30. The molecular weight excluding hydrogens is 474 g/mol. The van der Waals surface area contributed by atoms with Gasteiger partial charge >= 0.3 is 0 Å². The molecule has 0 aliphatic heterocycles. The van der Waals surface area contributed by atoms with Gasteiger partial charge in [-0.2, -0.15) is 5.10 Å². The second-order valence-electron chi connectivity index (χ2n) is 5.53. The van der Waals surface area contributed by atoms with Crippen molar-refractivity contribution in [3.8, 4) is 5.75 Å². The predicted molar refractivity (Wildman–Crippen MR) is 113 cm³/mol. The van der Waals surface area contributed by atoms with Crippen LogP contribution in [0.2, 0.25) is 5.02 Å². The van der Waals surface area contributed by atoms with Crippen molar-refractivity contribution in [3.05, 3.63) is 68.7 Å². The molecule has 0 radical (unpaired) electrons. The van der Waals surface area contributed by atoms with Crippen LogP contribution < -0.4 is 16.0 Å². The summed E-state index contributed by atoms with van der Waals surface area (Å²) >= 11 is 9.70. The zero-order valence-corrected chi connectivity index (χ0v) is 17.7. The second kappa shape index (κ2) is 9.72. The van der Waals surface area contributed by atoms with Crippen molar-refractivity contribution in [1.29, 1.82) is 0 Å². The molecule has 0 spiro atoms. The molecule has 0 aliphatic rings. The Bertz CT molecular complexity index is 981. The summed E-state index contributed by atoms with van der Waals surface area (Å²) in [6.07, 6.45) is 1.53. The summed E-state index contributed by atoms with van der Waals surface area (Å²) < 4.78 is 20.9. The maximum absolute atomic E-state index is 13.0. The summed E-state index contributed by atoms with van der Waals surface area (Å²) in [4.78, 5) is 0. The molecule has 0 aliphatic carbocycles. The first-order valence-corrected chi connectivity index (χ1v) is 8.93. The Morgan fingerprint density at radius 1 is 1.32 bits per heavy atom. The third-order valence-electron chi connectivity index (χ3n) is 3.57. The van der Waals surface area contributed by atoms with Gasteiger partial charge in [-0.25, -0.2) is 14.5 Å². The fourth-order valence-corrected chi connectivity index (χ4v) is 3.06. The third-order valence-corrected chi connectivity index (χ3v) is 4.31. The molecule has 1 heterocycles. The standard InChI is InChI=1S/C17H15BrClFN6O.ClH/c1-10-23-25-17(26(10)21)24-22-8-12-6-13(18)7-15(19)16(12)27-9-11-2-4-14(20)5-3-11;/h2-8H,9,21H2,1H3,(H,24,25);1H/b22-8-;. The summed E-state index contributed by atoms with van der Waals surface area (Å²) in [5, 5.41) is 12.2. The van der Waals surface area contributed by atoms with Crippen molar-refractivity contribution in [3.63, 3.8) is 0 Å². The molecule has 0 atom stereocenters. The van der Waals surface area contributed by atoms with Crippen molar-refractivity contribution >= 4 is 52.1 Å². The molecule has 7 nitrogen and oxygen atoms in total. The number of nitrogens with one attached hydrogen (secondary N) is 1. The number of nitrogens with zero attached hydrogens (tertiary/aromatic N) is 4. The van der Waals surface area contributed by atoms with Crippen molar-refractivity contribution in [2.24, 2.45) is 5.10 Å². The molecule has 0 saturated heterocycles. The van der Waals surface area contributed by atoms with Gasteiger partial charge in [-0.1, -0.05) is 39.7 Å². The normalized spacial score (nSPS) is 10.7. The van der Waals surface area contributed by atoms with E-state index in [1.165, 1.54) is 23.0 Å². The highest BCUT2D eigenvalue weighted by Gasteiger charge is 2.10. The molecule has 0 fully saturated rings. The average molecular weight is 490 g/mol. The number of aromatic nitrogens is 3. The van der Waals surface area contributed by atoms with Gasteiger partial charge < -0.3 is 10.6 Å². The molecule has 148 valence electrons. The zero-order chi connectivity index (χ0) is 19.4. The van der Waals surface area contributed by atoms with E-state index in [9.17, 15) is 4.39 Å². The topological polar surface area (TPSA) is 90.4 Å². The van der Waals surface area contributed by atoms with Gasteiger partial charge in [0.1, 0.15) is 18.2 Å². The number of anilines is 1. The number of hydrogen-bond acceptors (Lipinski definition) is 6. The Kier molecular flexibility index (Phi) is 7.61. The first-order valence-electron chi connectivity index (χ1n) is 7.76. The first-order chi connectivity index (χ1) is 12.9. The molecule has 3 N–H and O–H groups in total. The van der Waals surface area contributed by atoms with Gasteiger partial charge in [-0.15, -0.1) is 22.6 Å². The number of hydrogen-bond donors (Lipinski definition) is 2. The van der Waals surface area contributed by atoms with Gasteiger partial charge in [0.15, 0.2) is 5.82 Å². The van der Waals surface area contributed by atoms with Crippen molar-refractivity contribution < 1.29 is 9.13 Å². The summed E-state index contributed by atoms with van der Waals surface area (Å²) in [7, 11) is 0. The fraction of sp³-hybridized carbons (Fsp3) is 0.118. The van der Waals surface area contributed by atoms with E-state index in [4.69, 9.17) is 22.2 Å². The lowest BCUT2D eigenvalue weighted by molar-refractivity contribution is 0.306. The summed E-state index contributed by atoms with van der Waals surface area (Å²) in [5.41, 5.74) is 4.14. The van der Waals surface area contributed by atoms with E-state index in [2.05, 4.69) is 36.7 Å². The highest BCUT2D eigenvalue weighted by molar-refractivity contribution is 9.10. The summed E-state index contributed by atoms with van der Waals surface area (Å²) in [5.74, 6) is 6.73. The van der Waals surface area contributed by atoms with Crippen LogP contribution in [0, 0.1) is 12.7 Å². The Balaban J connectivity index is 0.00000280. The van der Waals surface area contributed by atoms with Crippen LogP contribution in [0.1, 0.15) is 17.0 Å². The van der Waals surface area contributed by atoms with Gasteiger partial charge in [0, 0.05) is 10.0 Å². The van der Waals surface area contributed by atoms with E-state index in [-0.39, 0.29) is 24.8 Å². The fourth-order valence-electron chi connectivity index (χ4n) is 2.17. The molecule has 3 rings (SSSR count). The Hall–Kier alpha value is -2.36. The zero-order valence-electron chi connectivity index (χ0n) is 14.6. The van der Waals surface area contributed by atoms with E-state index >= 15 is 0 Å². The Morgan fingerprint density at radius 3 is 2.68 bits per heavy atom. The highest BCUT2D eigenvalue weighted by Crippen LogP contribution is 2.32. The molecule has 2 aromatic carbocycles. The minimum Gasteiger partial charge on any atom is -0.487 e. The monoisotopic (exact) mass is 488 g/mol. The number of ether oxygens (including phenoxy) is 1. The van der Waals surface area contributed by atoms with Gasteiger partial charge in [-0.3, -0.25) is 0 Å². The number of nitrogens with two attached hydrogens (primary N) is 1. The number of benzene rings is 2. The van der Waals surface area contributed by atoms with E-state index in [1.54, 1.807) is 31.2 Å². The van der Waals surface area contributed by atoms with Gasteiger partial charge in [0.2, 0.25) is 0 Å². The quantitative estimate of drug-likeness (QED) is 0.306. The van der Waals surface area contributed by atoms with Crippen LogP contribution in [0.25, 0.3) is 0 Å². The molecule has 0 saturated carbocycles. The minimum absolute atomic E-state index is 0. The minimum atomic E-state index is -0.303. The van der Waals surface area contributed by atoms with Crippen LogP contribution >= 0.6 is 39.9 Å². The number of rotatable bonds is 6. The third kappa shape index (κ3) is 5.34. The van der Waals surface area contributed by atoms with E-state index < -0.39 is 0 Å². The number of halogens is 4. The first kappa shape index (κ1) is 21.9. The smallest absolute Gasteiger partial charge is 0.263 e. The maximum atomic E-state index is 13.0. The van der Waals surface area contributed by atoms with Crippen LogP contribution in [0.5, 0.6) is 5.75 Å². The molecule has 11 heteroatoms.